The summed E-state index contributed by atoms with van der Waals surface area (Å²) in [6, 6.07) is 8.95. The minimum absolute atomic E-state index is 0.331. The molecule has 1 N–H and O–H groups in total. The summed E-state index contributed by atoms with van der Waals surface area (Å²) in [5.74, 6) is 2.21. The second-order valence-corrected chi connectivity index (χ2v) is 6.32. The zero-order valence-electron chi connectivity index (χ0n) is 16.9. The average Bonchev–Trinajstić information content (AvgIpc) is 3.15. The van der Waals surface area contributed by atoms with Crippen LogP contribution < -0.4 is 24.5 Å². The Balaban J connectivity index is 1.82. The SMILES string of the molecule is COc1cc2[nH]c3c(=O)n(/N=C/c4cccc(OC)c4OC)cnc3c2cc1OC. The maximum absolute atomic E-state index is 13.0. The van der Waals surface area contributed by atoms with Gasteiger partial charge in [-0.2, -0.15) is 9.78 Å². The van der Waals surface area contributed by atoms with Crippen LogP contribution in [0.5, 0.6) is 23.0 Å². The zero-order valence-corrected chi connectivity index (χ0v) is 16.9. The van der Waals surface area contributed by atoms with E-state index in [1.54, 1.807) is 46.6 Å². The van der Waals surface area contributed by atoms with E-state index >= 15 is 0 Å². The summed E-state index contributed by atoms with van der Waals surface area (Å²) < 4.78 is 22.5. The minimum Gasteiger partial charge on any atom is -0.493 e. The van der Waals surface area contributed by atoms with Crippen LogP contribution in [0.25, 0.3) is 21.9 Å². The summed E-state index contributed by atoms with van der Waals surface area (Å²) in [7, 11) is 6.21. The largest absolute Gasteiger partial charge is 0.493 e. The van der Waals surface area contributed by atoms with Gasteiger partial charge < -0.3 is 23.9 Å². The van der Waals surface area contributed by atoms with Crippen molar-refractivity contribution in [2.24, 2.45) is 5.10 Å². The molecule has 0 unspecified atom stereocenters. The number of nitrogens with one attached hydrogen (secondary N) is 1. The van der Waals surface area contributed by atoms with Gasteiger partial charge in [-0.05, 0) is 18.2 Å². The molecular formula is C21H20N4O5. The normalized spacial score (nSPS) is 11.3. The summed E-state index contributed by atoms with van der Waals surface area (Å²) in [4.78, 5) is 20.5. The van der Waals surface area contributed by atoms with Crippen molar-refractivity contribution < 1.29 is 18.9 Å². The molecule has 0 saturated carbocycles. The fourth-order valence-corrected chi connectivity index (χ4v) is 3.30. The second-order valence-electron chi connectivity index (χ2n) is 6.32. The van der Waals surface area contributed by atoms with Crippen molar-refractivity contribution in [1.29, 1.82) is 0 Å². The topological polar surface area (TPSA) is 100.0 Å². The molecular weight excluding hydrogens is 388 g/mol. The number of aromatic nitrogens is 3. The zero-order chi connectivity index (χ0) is 21.3. The van der Waals surface area contributed by atoms with Gasteiger partial charge in [0, 0.05) is 17.0 Å². The van der Waals surface area contributed by atoms with Crippen LogP contribution in [0, 0.1) is 0 Å². The number of benzene rings is 2. The van der Waals surface area contributed by atoms with E-state index in [-0.39, 0.29) is 5.56 Å². The van der Waals surface area contributed by atoms with E-state index in [1.807, 2.05) is 12.1 Å². The number of aromatic amines is 1. The Labute approximate surface area is 171 Å². The van der Waals surface area contributed by atoms with Crippen LogP contribution in [-0.4, -0.2) is 49.3 Å². The van der Waals surface area contributed by atoms with Gasteiger partial charge in [0.1, 0.15) is 17.4 Å². The number of hydrogen-bond acceptors (Lipinski definition) is 7. The lowest BCUT2D eigenvalue weighted by atomic mass is 10.2. The Hall–Kier alpha value is -4.01. The summed E-state index contributed by atoms with van der Waals surface area (Å²) >= 11 is 0. The molecule has 4 rings (SSSR count). The number of ether oxygens (including phenoxy) is 4. The lowest BCUT2D eigenvalue weighted by molar-refractivity contribution is 0.354. The molecule has 0 spiro atoms. The van der Waals surface area contributed by atoms with Crippen LogP contribution in [0.1, 0.15) is 5.56 Å². The molecule has 0 amide bonds. The highest BCUT2D eigenvalue weighted by Gasteiger charge is 2.15. The maximum atomic E-state index is 13.0. The summed E-state index contributed by atoms with van der Waals surface area (Å²) in [5, 5.41) is 5.01. The Morgan fingerprint density at radius 1 is 1.00 bits per heavy atom. The molecule has 0 aliphatic heterocycles. The van der Waals surface area contributed by atoms with Crippen molar-refractivity contribution in [2.75, 3.05) is 28.4 Å². The molecule has 4 aromatic rings. The lowest BCUT2D eigenvalue weighted by Gasteiger charge is -2.09. The van der Waals surface area contributed by atoms with Crippen LogP contribution in [0.2, 0.25) is 0 Å². The number of methoxy groups -OCH3 is 4. The van der Waals surface area contributed by atoms with E-state index in [0.717, 1.165) is 10.1 Å². The highest BCUT2D eigenvalue weighted by molar-refractivity contribution is 6.05. The predicted molar refractivity (Wildman–Crippen MR) is 114 cm³/mol. The molecule has 154 valence electrons. The van der Waals surface area contributed by atoms with Crippen LogP contribution in [0.4, 0.5) is 0 Å². The number of nitrogens with zero attached hydrogens (tertiary/aromatic N) is 3. The van der Waals surface area contributed by atoms with Gasteiger partial charge in [-0.1, -0.05) is 6.07 Å². The van der Waals surface area contributed by atoms with E-state index in [1.165, 1.54) is 12.5 Å². The quantitative estimate of drug-likeness (QED) is 0.493. The first-order valence-corrected chi connectivity index (χ1v) is 9.01. The van der Waals surface area contributed by atoms with E-state index < -0.39 is 0 Å². The number of H-pyrrole nitrogens is 1. The molecule has 9 heteroatoms. The van der Waals surface area contributed by atoms with Crippen LogP contribution in [0.3, 0.4) is 0 Å². The van der Waals surface area contributed by atoms with Gasteiger partial charge in [0.25, 0.3) is 5.56 Å². The molecule has 0 aliphatic rings. The highest BCUT2D eigenvalue weighted by Crippen LogP contribution is 2.34. The Bertz CT molecular complexity index is 1320. The van der Waals surface area contributed by atoms with Gasteiger partial charge in [0.05, 0.1) is 40.2 Å². The van der Waals surface area contributed by atoms with Crippen molar-refractivity contribution in [2.45, 2.75) is 0 Å². The summed E-state index contributed by atoms with van der Waals surface area (Å²) in [6.07, 6.45) is 2.89. The van der Waals surface area contributed by atoms with Gasteiger partial charge >= 0.3 is 0 Å². The second kappa shape index (κ2) is 7.78. The highest BCUT2D eigenvalue weighted by atomic mass is 16.5. The summed E-state index contributed by atoms with van der Waals surface area (Å²) in [6.45, 7) is 0. The molecule has 2 heterocycles. The molecule has 0 aliphatic carbocycles. The maximum Gasteiger partial charge on any atom is 0.298 e. The van der Waals surface area contributed by atoms with Crippen molar-refractivity contribution in [3.8, 4) is 23.0 Å². The number of fused-ring (bicyclic) bond motifs is 3. The first-order valence-electron chi connectivity index (χ1n) is 9.01. The van der Waals surface area contributed by atoms with Crippen molar-refractivity contribution >= 4 is 28.2 Å². The predicted octanol–water partition coefficient (Wildman–Crippen LogP) is 2.79. The van der Waals surface area contributed by atoms with E-state index in [9.17, 15) is 4.79 Å². The van der Waals surface area contributed by atoms with Crippen molar-refractivity contribution in [1.82, 2.24) is 14.6 Å². The molecule has 0 bridgehead atoms. The lowest BCUT2D eigenvalue weighted by Crippen LogP contribution is -2.17. The Kier molecular flexibility index (Phi) is 5.01. The fraction of sp³-hybridized carbons (Fsp3) is 0.190. The van der Waals surface area contributed by atoms with E-state index in [0.29, 0.717) is 45.1 Å². The molecule has 9 nitrogen and oxygen atoms in total. The van der Waals surface area contributed by atoms with Gasteiger partial charge in [0.2, 0.25) is 0 Å². The third-order valence-corrected chi connectivity index (χ3v) is 4.75. The summed E-state index contributed by atoms with van der Waals surface area (Å²) in [5.41, 5.74) is 1.89. The van der Waals surface area contributed by atoms with Crippen molar-refractivity contribution in [3.63, 3.8) is 0 Å². The van der Waals surface area contributed by atoms with Gasteiger partial charge in [-0.15, -0.1) is 0 Å². The molecule has 2 aromatic carbocycles. The van der Waals surface area contributed by atoms with Gasteiger partial charge in [0.15, 0.2) is 23.0 Å². The minimum atomic E-state index is -0.341. The van der Waals surface area contributed by atoms with E-state index in [2.05, 4.69) is 15.1 Å². The molecule has 30 heavy (non-hydrogen) atoms. The van der Waals surface area contributed by atoms with Gasteiger partial charge in [-0.3, -0.25) is 4.79 Å². The molecule has 2 aromatic heterocycles. The first kappa shape index (κ1) is 19.3. The smallest absolute Gasteiger partial charge is 0.298 e. The third kappa shape index (κ3) is 3.10. The van der Waals surface area contributed by atoms with E-state index in [4.69, 9.17) is 18.9 Å². The number of para-hydroxylation sites is 1. The Morgan fingerprint density at radius 3 is 2.43 bits per heavy atom. The van der Waals surface area contributed by atoms with Gasteiger partial charge in [-0.25, -0.2) is 4.98 Å². The number of hydrogen-bond donors (Lipinski definition) is 1. The van der Waals surface area contributed by atoms with Crippen LogP contribution >= 0.6 is 0 Å². The fourth-order valence-electron chi connectivity index (χ4n) is 3.30. The average molecular weight is 408 g/mol. The standard InChI is InChI=1S/C21H20N4O5/c1-27-15-7-5-6-12(20(15)30-4)10-23-25-11-22-18-13-8-16(28-2)17(29-3)9-14(13)24-19(18)21(25)26/h5-11,24H,1-4H3/b23-10+. The van der Waals surface area contributed by atoms with Crippen molar-refractivity contribution in [3.05, 3.63) is 52.6 Å². The monoisotopic (exact) mass is 408 g/mol. The third-order valence-electron chi connectivity index (χ3n) is 4.75. The van der Waals surface area contributed by atoms with Crippen LogP contribution in [0.15, 0.2) is 46.6 Å². The molecule has 0 atom stereocenters. The first-order chi connectivity index (χ1) is 14.6. The molecule has 0 saturated heterocycles. The molecule has 0 fully saturated rings. The number of rotatable bonds is 6. The van der Waals surface area contributed by atoms with Crippen LogP contribution in [-0.2, 0) is 0 Å². The Morgan fingerprint density at radius 2 is 1.73 bits per heavy atom. The molecule has 0 radical (unpaired) electrons.